The van der Waals surface area contributed by atoms with Crippen LogP contribution in [0.5, 0.6) is 5.19 Å². The molecule has 0 spiro atoms. The average molecular weight is 198 g/mol. The lowest BCUT2D eigenvalue weighted by Crippen LogP contribution is -2.08. The molecule has 13 heavy (non-hydrogen) atoms. The zero-order valence-corrected chi connectivity index (χ0v) is 8.51. The summed E-state index contributed by atoms with van der Waals surface area (Å²) in [6.07, 6.45) is 5.63. The van der Waals surface area contributed by atoms with Gasteiger partial charge in [0.1, 0.15) is 0 Å². The maximum absolute atomic E-state index is 6.02. The molecule has 0 aliphatic heterocycles. The summed E-state index contributed by atoms with van der Waals surface area (Å²) < 4.78 is 5.02. The van der Waals surface area contributed by atoms with Crippen LogP contribution in [0.1, 0.15) is 30.2 Å². The summed E-state index contributed by atoms with van der Waals surface area (Å²) in [5, 5.41) is 0.709. The minimum Gasteiger partial charge on any atom is -0.473 e. The third-order valence-electron chi connectivity index (χ3n) is 2.33. The Morgan fingerprint density at radius 3 is 3.08 bits per heavy atom. The molecule has 4 heteroatoms. The number of rotatable bonds is 4. The maximum atomic E-state index is 6.02. The Morgan fingerprint density at radius 1 is 1.77 bits per heavy atom. The SMILES string of the molecule is COc1ncc(C(N)CC2CC2)s1. The number of hydrogen-bond acceptors (Lipinski definition) is 4. The van der Waals surface area contributed by atoms with Gasteiger partial charge in [0.25, 0.3) is 5.19 Å². The Labute approximate surface area is 81.9 Å². The molecule has 1 aliphatic carbocycles. The third kappa shape index (κ3) is 2.19. The summed E-state index contributed by atoms with van der Waals surface area (Å²) in [7, 11) is 1.63. The predicted octanol–water partition coefficient (Wildman–Crippen LogP) is 1.95. The van der Waals surface area contributed by atoms with Gasteiger partial charge in [-0.3, -0.25) is 0 Å². The lowest BCUT2D eigenvalue weighted by atomic mass is 10.1. The van der Waals surface area contributed by atoms with Gasteiger partial charge in [0, 0.05) is 17.1 Å². The molecule has 1 heterocycles. The summed E-state index contributed by atoms with van der Waals surface area (Å²) in [4.78, 5) is 5.24. The van der Waals surface area contributed by atoms with E-state index >= 15 is 0 Å². The second kappa shape index (κ2) is 3.64. The molecule has 1 aliphatic rings. The van der Waals surface area contributed by atoms with Crippen molar-refractivity contribution in [1.29, 1.82) is 0 Å². The van der Waals surface area contributed by atoms with Gasteiger partial charge in [-0.15, -0.1) is 0 Å². The van der Waals surface area contributed by atoms with Crippen molar-refractivity contribution in [2.75, 3.05) is 7.11 Å². The van der Waals surface area contributed by atoms with Crippen molar-refractivity contribution in [3.8, 4) is 5.19 Å². The summed E-state index contributed by atoms with van der Waals surface area (Å²) in [6, 6.07) is 0.161. The van der Waals surface area contributed by atoms with Crippen LogP contribution in [0.4, 0.5) is 0 Å². The average Bonchev–Trinajstić information content (AvgIpc) is 2.82. The Bertz CT molecular complexity index is 283. The van der Waals surface area contributed by atoms with Crippen molar-refractivity contribution in [3.63, 3.8) is 0 Å². The molecule has 1 aromatic rings. The molecule has 1 unspecified atom stereocenters. The summed E-state index contributed by atoms with van der Waals surface area (Å²) >= 11 is 1.55. The second-order valence-electron chi connectivity index (χ2n) is 3.52. The molecule has 1 fully saturated rings. The predicted molar refractivity (Wildman–Crippen MR) is 52.9 cm³/mol. The minimum absolute atomic E-state index is 0.161. The maximum Gasteiger partial charge on any atom is 0.273 e. The molecule has 2 rings (SSSR count). The number of hydrogen-bond donors (Lipinski definition) is 1. The van der Waals surface area contributed by atoms with Crippen molar-refractivity contribution in [2.24, 2.45) is 11.7 Å². The van der Waals surface area contributed by atoms with Crippen LogP contribution in [0.15, 0.2) is 6.20 Å². The van der Waals surface area contributed by atoms with E-state index in [-0.39, 0.29) is 6.04 Å². The highest BCUT2D eigenvalue weighted by Gasteiger charge is 2.25. The highest BCUT2D eigenvalue weighted by molar-refractivity contribution is 7.13. The van der Waals surface area contributed by atoms with Crippen LogP contribution < -0.4 is 10.5 Å². The van der Waals surface area contributed by atoms with Crippen molar-refractivity contribution in [3.05, 3.63) is 11.1 Å². The van der Waals surface area contributed by atoms with E-state index in [1.54, 1.807) is 18.4 Å². The highest BCUT2D eigenvalue weighted by Crippen LogP contribution is 2.38. The van der Waals surface area contributed by atoms with Crippen molar-refractivity contribution < 1.29 is 4.74 Å². The first kappa shape index (κ1) is 8.97. The lowest BCUT2D eigenvalue weighted by Gasteiger charge is -2.06. The van der Waals surface area contributed by atoms with Gasteiger partial charge in [-0.25, -0.2) is 4.98 Å². The van der Waals surface area contributed by atoms with Crippen molar-refractivity contribution >= 4 is 11.3 Å². The van der Waals surface area contributed by atoms with E-state index in [1.165, 1.54) is 12.8 Å². The fourth-order valence-corrected chi connectivity index (χ4v) is 2.11. The van der Waals surface area contributed by atoms with Crippen LogP contribution in [-0.4, -0.2) is 12.1 Å². The van der Waals surface area contributed by atoms with Crippen LogP contribution in [0.2, 0.25) is 0 Å². The van der Waals surface area contributed by atoms with Gasteiger partial charge in [-0.1, -0.05) is 24.2 Å². The third-order valence-corrected chi connectivity index (χ3v) is 3.42. The van der Waals surface area contributed by atoms with Crippen LogP contribution in [0, 0.1) is 5.92 Å². The van der Waals surface area contributed by atoms with Gasteiger partial charge >= 0.3 is 0 Å². The number of thiazole rings is 1. The van der Waals surface area contributed by atoms with Gasteiger partial charge in [0.2, 0.25) is 0 Å². The van der Waals surface area contributed by atoms with Crippen LogP contribution in [0.3, 0.4) is 0 Å². The quantitative estimate of drug-likeness (QED) is 0.804. The van der Waals surface area contributed by atoms with E-state index < -0.39 is 0 Å². The van der Waals surface area contributed by atoms with Crippen LogP contribution in [-0.2, 0) is 0 Å². The molecule has 72 valence electrons. The molecule has 0 bridgehead atoms. The normalized spacial score (nSPS) is 18.6. The fraction of sp³-hybridized carbons (Fsp3) is 0.667. The molecule has 0 aromatic carbocycles. The summed E-state index contributed by atoms with van der Waals surface area (Å²) in [5.41, 5.74) is 6.02. The standard InChI is InChI=1S/C9H14N2OS/c1-12-9-11-5-8(13-9)7(10)4-6-2-3-6/h5-7H,2-4,10H2,1H3. The molecular formula is C9H14N2OS. The number of nitrogens with two attached hydrogens (primary N) is 1. The highest BCUT2D eigenvalue weighted by atomic mass is 32.1. The molecule has 1 saturated carbocycles. The Kier molecular flexibility index (Phi) is 2.51. The molecule has 1 aromatic heterocycles. The van der Waals surface area contributed by atoms with Gasteiger partial charge in [0.05, 0.1) is 7.11 Å². The Balaban J connectivity index is 1.96. The van der Waals surface area contributed by atoms with Crippen molar-refractivity contribution in [1.82, 2.24) is 4.98 Å². The molecule has 2 N–H and O–H groups in total. The van der Waals surface area contributed by atoms with Gasteiger partial charge in [-0.2, -0.15) is 0 Å². The summed E-state index contributed by atoms with van der Waals surface area (Å²) in [5.74, 6) is 0.864. The van der Waals surface area contributed by atoms with Crippen molar-refractivity contribution in [2.45, 2.75) is 25.3 Å². The van der Waals surface area contributed by atoms with Crippen LogP contribution >= 0.6 is 11.3 Å². The van der Waals surface area contributed by atoms with E-state index in [4.69, 9.17) is 10.5 Å². The first-order valence-corrected chi connectivity index (χ1v) is 5.36. The lowest BCUT2D eigenvalue weighted by molar-refractivity contribution is 0.412. The van der Waals surface area contributed by atoms with Gasteiger partial charge in [0.15, 0.2) is 0 Å². The van der Waals surface area contributed by atoms with Crippen LogP contribution in [0.25, 0.3) is 0 Å². The number of aromatic nitrogens is 1. The Morgan fingerprint density at radius 2 is 2.54 bits per heavy atom. The molecule has 3 nitrogen and oxygen atoms in total. The molecular weight excluding hydrogens is 184 g/mol. The monoisotopic (exact) mass is 198 g/mol. The zero-order valence-electron chi connectivity index (χ0n) is 7.69. The fourth-order valence-electron chi connectivity index (χ4n) is 1.36. The minimum atomic E-state index is 0.161. The number of ether oxygens (including phenoxy) is 1. The number of nitrogens with zero attached hydrogens (tertiary/aromatic N) is 1. The van der Waals surface area contributed by atoms with Gasteiger partial charge in [-0.05, 0) is 12.3 Å². The topological polar surface area (TPSA) is 48.1 Å². The number of methoxy groups -OCH3 is 1. The first-order chi connectivity index (χ1) is 6.29. The van der Waals surface area contributed by atoms with Gasteiger partial charge < -0.3 is 10.5 Å². The Hall–Kier alpha value is -0.610. The van der Waals surface area contributed by atoms with E-state index in [1.807, 2.05) is 6.20 Å². The summed E-state index contributed by atoms with van der Waals surface area (Å²) in [6.45, 7) is 0. The molecule has 0 saturated heterocycles. The van der Waals surface area contributed by atoms with E-state index in [0.717, 1.165) is 17.2 Å². The smallest absolute Gasteiger partial charge is 0.273 e. The van der Waals surface area contributed by atoms with E-state index in [2.05, 4.69) is 4.98 Å². The zero-order chi connectivity index (χ0) is 9.26. The molecule has 0 amide bonds. The molecule has 0 radical (unpaired) electrons. The largest absolute Gasteiger partial charge is 0.473 e. The second-order valence-corrected chi connectivity index (χ2v) is 4.54. The van der Waals surface area contributed by atoms with E-state index in [0.29, 0.717) is 5.19 Å². The first-order valence-electron chi connectivity index (χ1n) is 4.55. The van der Waals surface area contributed by atoms with E-state index in [9.17, 15) is 0 Å². The molecule has 1 atom stereocenters.